The molecule has 13 heavy (non-hydrogen) atoms. The van der Waals surface area contributed by atoms with Crippen molar-refractivity contribution in [2.75, 3.05) is 7.05 Å². The molecule has 0 aromatic heterocycles. The molecule has 0 radical (unpaired) electrons. The zero-order valence-corrected chi connectivity index (χ0v) is 8.26. The van der Waals surface area contributed by atoms with Crippen molar-refractivity contribution in [3.05, 3.63) is 0 Å². The van der Waals surface area contributed by atoms with Crippen molar-refractivity contribution in [1.29, 1.82) is 0 Å². The zero-order chi connectivity index (χ0) is 9.90. The van der Waals surface area contributed by atoms with Gasteiger partial charge in [0.15, 0.2) is 0 Å². The molecular weight excluding hydrogens is 168 g/mol. The third-order valence-corrected chi connectivity index (χ3v) is 2.52. The second kappa shape index (κ2) is 3.96. The highest BCUT2D eigenvalue weighted by atomic mass is 16.3. The summed E-state index contributed by atoms with van der Waals surface area (Å²) in [5, 5.41) is 15.1. The van der Waals surface area contributed by atoms with Gasteiger partial charge < -0.3 is 15.7 Å². The summed E-state index contributed by atoms with van der Waals surface area (Å²) in [6.45, 7) is 1.82. The van der Waals surface area contributed by atoms with E-state index in [9.17, 15) is 9.90 Å². The monoisotopic (exact) mass is 186 g/mol. The number of carbonyl (C=O) groups excluding carboxylic acids is 1. The molecule has 0 bridgehead atoms. The lowest BCUT2D eigenvalue weighted by molar-refractivity contribution is 0.0119. The lowest BCUT2D eigenvalue weighted by Crippen LogP contribution is -2.46. The highest BCUT2D eigenvalue weighted by molar-refractivity contribution is 5.73. The number of rotatable bonds is 1. The minimum atomic E-state index is -0.607. The second-order valence-corrected chi connectivity index (χ2v) is 4.01. The molecule has 1 rings (SSSR count). The largest absolute Gasteiger partial charge is 0.390 e. The number of carbonyl (C=O) groups is 1. The maximum Gasteiger partial charge on any atom is 0.314 e. The Balaban J connectivity index is 2.39. The van der Waals surface area contributed by atoms with Crippen molar-refractivity contribution in [1.82, 2.24) is 10.6 Å². The molecule has 2 atom stereocenters. The van der Waals surface area contributed by atoms with Gasteiger partial charge in [0.25, 0.3) is 0 Å². The zero-order valence-electron chi connectivity index (χ0n) is 8.26. The Morgan fingerprint density at radius 2 is 2.31 bits per heavy atom. The van der Waals surface area contributed by atoms with Crippen LogP contribution in [0.5, 0.6) is 0 Å². The van der Waals surface area contributed by atoms with Crippen molar-refractivity contribution >= 4 is 6.03 Å². The standard InChI is InChI=1S/C9H18N2O2/c1-9(13)5-3-4-7(6-9)11-8(12)10-2/h7,13H,3-6H2,1-2H3,(H2,10,11,12)/t7-,9-/m0/s1. The molecular formula is C9H18N2O2. The maximum atomic E-state index is 11.0. The molecule has 0 saturated heterocycles. The van der Waals surface area contributed by atoms with Crippen molar-refractivity contribution in [2.45, 2.75) is 44.2 Å². The fourth-order valence-corrected chi connectivity index (χ4v) is 1.85. The number of nitrogens with one attached hydrogen (secondary N) is 2. The van der Waals surface area contributed by atoms with Crippen LogP contribution in [0.3, 0.4) is 0 Å². The summed E-state index contributed by atoms with van der Waals surface area (Å²) in [5.41, 5.74) is -0.607. The molecule has 0 aromatic carbocycles. The second-order valence-electron chi connectivity index (χ2n) is 4.01. The number of hydrogen-bond acceptors (Lipinski definition) is 2. The van der Waals surface area contributed by atoms with Crippen molar-refractivity contribution in [3.63, 3.8) is 0 Å². The molecule has 0 unspecified atom stereocenters. The highest BCUT2D eigenvalue weighted by Crippen LogP contribution is 2.27. The number of aliphatic hydroxyl groups is 1. The van der Waals surface area contributed by atoms with Gasteiger partial charge in [0, 0.05) is 13.1 Å². The molecule has 2 amide bonds. The van der Waals surface area contributed by atoms with Gasteiger partial charge in [-0.3, -0.25) is 0 Å². The van der Waals surface area contributed by atoms with Crippen LogP contribution in [0.15, 0.2) is 0 Å². The van der Waals surface area contributed by atoms with Crippen LogP contribution in [-0.4, -0.2) is 29.8 Å². The minimum Gasteiger partial charge on any atom is -0.390 e. The maximum absolute atomic E-state index is 11.0. The Morgan fingerprint density at radius 1 is 1.62 bits per heavy atom. The normalized spacial score (nSPS) is 33.9. The summed E-state index contributed by atoms with van der Waals surface area (Å²) in [6, 6.07) is -0.0496. The van der Waals surface area contributed by atoms with Crippen LogP contribution in [0, 0.1) is 0 Å². The SMILES string of the molecule is CNC(=O)N[C@H]1CCC[C@](C)(O)C1. The van der Waals surface area contributed by atoms with E-state index in [1.54, 1.807) is 7.05 Å². The molecule has 0 aliphatic heterocycles. The summed E-state index contributed by atoms with van der Waals surface area (Å²) in [4.78, 5) is 11.0. The molecule has 1 aliphatic carbocycles. The van der Waals surface area contributed by atoms with E-state index in [2.05, 4.69) is 10.6 Å². The number of hydrogen-bond donors (Lipinski definition) is 3. The summed E-state index contributed by atoms with van der Waals surface area (Å²) >= 11 is 0. The average molecular weight is 186 g/mol. The van der Waals surface area contributed by atoms with Crippen molar-refractivity contribution in [2.24, 2.45) is 0 Å². The van der Waals surface area contributed by atoms with Crippen LogP contribution >= 0.6 is 0 Å². The van der Waals surface area contributed by atoms with E-state index < -0.39 is 5.60 Å². The molecule has 76 valence electrons. The van der Waals surface area contributed by atoms with Crippen LogP contribution in [-0.2, 0) is 0 Å². The third-order valence-electron chi connectivity index (χ3n) is 2.52. The summed E-state index contributed by atoms with van der Waals surface area (Å²) in [5.74, 6) is 0. The van der Waals surface area contributed by atoms with Crippen LogP contribution in [0.1, 0.15) is 32.6 Å². The van der Waals surface area contributed by atoms with E-state index >= 15 is 0 Å². The summed E-state index contributed by atoms with van der Waals surface area (Å²) in [7, 11) is 1.59. The van der Waals surface area contributed by atoms with Gasteiger partial charge in [-0.25, -0.2) is 4.79 Å². The lowest BCUT2D eigenvalue weighted by atomic mass is 9.83. The molecule has 4 heteroatoms. The molecule has 1 saturated carbocycles. The van der Waals surface area contributed by atoms with Gasteiger partial charge in [-0.05, 0) is 32.6 Å². The van der Waals surface area contributed by atoms with Crippen LogP contribution in [0.2, 0.25) is 0 Å². The Kier molecular flexibility index (Phi) is 3.14. The van der Waals surface area contributed by atoms with Crippen LogP contribution in [0.25, 0.3) is 0 Å². The molecule has 0 aromatic rings. The van der Waals surface area contributed by atoms with E-state index in [-0.39, 0.29) is 12.1 Å². The number of urea groups is 1. The smallest absolute Gasteiger partial charge is 0.314 e. The predicted molar refractivity (Wildman–Crippen MR) is 50.5 cm³/mol. The van der Waals surface area contributed by atoms with Gasteiger partial charge in [-0.1, -0.05) is 0 Å². The Bertz CT molecular complexity index is 192. The van der Waals surface area contributed by atoms with Crippen molar-refractivity contribution < 1.29 is 9.90 Å². The van der Waals surface area contributed by atoms with Gasteiger partial charge >= 0.3 is 6.03 Å². The van der Waals surface area contributed by atoms with Gasteiger partial charge in [0.2, 0.25) is 0 Å². The lowest BCUT2D eigenvalue weighted by Gasteiger charge is -2.34. The fraction of sp³-hybridized carbons (Fsp3) is 0.889. The van der Waals surface area contributed by atoms with Gasteiger partial charge in [0.05, 0.1) is 5.60 Å². The molecule has 4 nitrogen and oxygen atoms in total. The Labute approximate surface area is 78.7 Å². The first-order valence-corrected chi connectivity index (χ1v) is 4.74. The first-order valence-electron chi connectivity index (χ1n) is 4.74. The molecule has 0 heterocycles. The van der Waals surface area contributed by atoms with Crippen LogP contribution < -0.4 is 10.6 Å². The topological polar surface area (TPSA) is 61.4 Å². The molecule has 0 spiro atoms. The van der Waals surface area contributed by atoms with Gasteiger partial charge in [-0.2, -0.15) is 0 Å². The van der Waals surface area contributed by atoms with Gasteiger partial charge in [-0.15, -0.1) is 0 Å². The average Bonchev–Trinajstić information content (AvgIpc) is 2.02. The first kappa shape index (κ1) is 10.3. The third kappa shape index (κ3) is 3.22. The Hall–Kier alpha value is -0.770. The molecule has 1 fully saturated rings. The highest BCUT2D eigenvalue weighted by Gasteiger charge is 2.30. The molecule has 3 N–H and O–H groups in total. The van der Waals surface area contributed by atoms with E-state index in [1.807, 2.05) is 6.92 Å². The van der Waals surface area contributed by atoms with Crippen LogP contribution in [0.4, 0.5) is 4.79 Å². The van der Waals surface area contributed by atoms with Crippen molar-refractivity contribution in [3.8, 4) is 0 Å². The van der Waals surface area contributed by atoms with E-state index in [1.165, 1.54) is 0 Å². The minimum absolute atomic E-state index is 0.115. The molecule has 1 aliphatic rings. The van der Waals surface area contributed by atoms with E-state index in [0.717, 1.165) is 19.3 Å². The fourth-order valence-electron chi connectivity index (χ4n) is 1.85. The quantitative estimate of drug-likeness (QED) is 0.562. The summed E-state index contributed by atoms with van der Waals surface area (Å²) in [6.07, 6.45) is 3.42. The van der Waals surface area contributed by atoms with E-state index in [0.29, 0.717) is 6.42 Å². The number of amides is 2. The predicted octanol–water partition coefficient (Wildman–Crippen LogP) is 0.609. The Morgan fingerprint density at radius 3 is 2.85 bits per heavy atom. The first-order chi connectivity index (χ1) is 6.03. The van der Waals surface area contributed by atoms with E-state index in [4.69, 9.17) is 0 Å². The van der Waals surface area contributed by atoms with Gasteiger partial charge in [0.1, 0.15) is 0 Å². The summed E-state index contributed by atoms with van der Waals surface area (Å²) < 4.78 is 0.